The molecule has 0 spiro atoms. The number of aliphatic imine (C=N–C) groups is 1. The molecule has 2 aromatic rings. The summed E-state index contributed by atoms with van der Waals surface area (Å²) >= 11 is 2.38. The van der Waals surface area contributed by atoms with Gasteiger partial charge in [0, 0.05) is 14.9 Å². The van der Waals surface area contributed by atoms with Crippen LogP contribution in [0.1, 0.15) is 29.5 Å². The lowest BCUT2D eigenvalue weighted by Gasteiger charge is -2.16. The molecule has 102 valence electrons. The van der Waals surface area contributed by atoms with Crippen LogP contribution >= 0.6 is 22.6 Å². The Bertz CT molecular complexity index is 750. The quantitative estimate of drug-likeness (QED) is 0.676. The second-order valence-electron chi connectivity index (χ2n) is 4.87. The third-order valence-corrected chi connectivity index (χ3v) is 4.53. The molecule has 1 heterocycles. The van der Waals surface area contributed by atoms with Crippen LogP contribution < -0.4 is 0 Å². The monoisotopic (exact) mass is 384 g/mol. The number of hydrogen-bond donors (Lipinski definition) is 0. The van der Waals surface area contributed by atoms with Gasteiger partial charge in [0.15, 0.2) is 0 Å². The van der Waals surface area contributed by atoms with Crippen molar-refractivity contribution in [1.82, 2.24) is 0 Å². The highest BCUT2D eigenvalue weighted by molar-refractivity contribution is 14.1. The molecule has 2 nitrogen and oxygen atoms in total. The Balaban J connectivity index is 2.00. The van der Waals surface area contributed by atoms with Gasteiger partial charge < -0.3 is 0 Å². The van der Waals surface area contributed by atoms with E-state index >= 15 is 0 Å². The topological polar surface area (TPSA) is 36.1 Å². The van der Waals surface area contributed by atoms with Crippen LogP contribution in [0.15, 0.2) is 63.2 Å². The Hall–Kier alpha value is -1.93. The minimum atomic E-state index is 0.678. The van der Waals surface area contributed by atoms with Crippen LogP contribution in [0.25, 0.3) is 5.70 Å². The molecule has 21 heavy (non-hydrogen) atoms. The molecule has 0 aliphatic carbocycles. The van der Waals surface area contributed by atoms with Gasteiger partial charge in [0.25, 0.3) is 0 Å². The van der Waals surface area contributed by atoms with Crippen molar-refractivity contribution in [3.05, 3.63) is 74.9 Å². The molecular weight excluding hydrogens is 371 g/mol. The van der Waals surface area contributed by atoms with Gasteiger partial charge in [0.1, 0.15) is 0 Å². The van der Waals surface area contributed by atoms with E-state index in [0.717, 1.165) is 29.8 Å². The van der Waals surface area contributed by atoms with Crippen LogP contribution in [0.3, 0.4) is 0 Å². The van der Waals surface area contributed by atoms with E-state index in [9.17, 15) is 0 Å². The lowest BCUT2D eigenvalue weighted by molar-refractivity contribution is 1.06. The Labute approximate surface area is 138 Å². The highest BCUT2D eigenvalue weighted by atomic mass is 127. The van der Waals surface area contributed by atoms with Crippen molar-refractivity contribution in [3.8, 4) is 6.07 Å². The Kier molecular flexibility index (Phi) is 4.16. The van der Waals surface area contributed by atoms with Crippen molar-refractivity contribution in [2.24, 2.45) is 4.99 Å². The third-order valence-electron chi connectivity index (χ3n) is 3.48. The van der Waals surface area contributed by atoms with E-state index in [4.69, 9.17) is 10.3 Å². The molecule has 0 radical (unpaired) electrons. The van der Waals surface area contributed by atoms with Gasteiger partial charge in [-0.1, -0.05) is 42.5 Å². The van der Waals surface area contributed by atoms with Crippen molar-refractivity contribution >= 4 is 34.0 Å². The first-order valence-electron chi connectivity index (χ1n) is 6.80. The molecule has 0 N–H and O–H groups in total. The molecule has 0 aromatic heterocycles. The summed E-state index contributed by atoms with van der Waals surface area (Å²) in [6, 6.07) is 20.1. The van der Waals surface area contributed by atoms with Gasteiger partial charge in [-0.05, 0) is 53.1 Å². The number of rotatable bonds is 2. The number of hydrogen-bond acceptors (Lipinski definition) is 2. The Morgan fingerprint density at radius 1 is 0.905 bits per heavy atom. The average Bonchev–Trinajstić information content (AvgIpc) is 2.56. The summed E-state index contributed by atoms with van der Waals surface area (Å²) in [6.45, 7) is 0. The van der Waals surface area contributed by atoms with Crippen molar-refractivity contribution in [2.75, 3.05) is 0 Å². The van der Waals surface area contributed by atoms with Crippen molar-refractivity contribution in [2.45, 2.75) is 12.8 Å². The normalized spacial score (nSPS) is 14.6. The van der Waals surface area contributed by atoms with Crippen molar-refractivity contribution < 1.29 is 0 Å². The van der Waals surface area contributed by atoms with E-state index in [-0.39, 0.29) is 0 Å². The average molecular weight is 384 g/mol. The number of halogens is 1. The maximum Gasteiger partial charge on any atom is 0.0991 e. The van der Waals surface area contributed by atoms with Gasteiger partial charge >= 0.3 is 0 Å². The second kappa shape index (κ2) is 6.23. The lowest BCUT2D eigenvalue weighted by atomic mass is 10.00. The van der Waals surface area contributed by atoms with E-state index in [1.165, 1.54) is 9.14 Å². The molecule has 0 bridgehead atoms. The van der Waals surface area contributed by atoms with E-state index in [1.54, 1.807) is 0 Å². The van der Waals surface area contributed by atoms with E-state index in [0.29, 0.717) is 5.56 Å². The summed E-state index contributed by atoms with van der Waals surface area (Å²) in [5, 5.41) is 8.89. The SMILES string of the molecule is N#Cc1ccc(C2=C(I)CCC(c3ccccc3)=N2)cc1. The summed E-state index contributed by atoms with van der Waals surface area (Å²) in [4.78, 5) is 4.86. The standard InChI is InChI=1S/C18H13IN2/c19-16-10-11-17(14-4-2-1-3-5-14)21-18(16)15-8-6-13(12-20)7-9-15/h1-9H,10-11H2. The summed E-state index contributed by atoms with van der Waals surface area (Å²) in [5.74, 6) is 0. The van der Waals surface area contributed by atoms with E-state index < -0.39 is 0 Å². The molecule has 0 fully saturated rings. The smallest absolute Gasteiger partial charge is 0.0991 e. The zero-order chi connectivity index (χ0) is 14.7. The minimum Gasteiger partial charge on any atom is -0.251 e. The van der Waals surface area contributed by atoms with Gasteiger partial charge in [-0.2, -0.15) is 5.26 Å². The van der Waals surface area contributed by atoms with Crippen LogP contribution in [0.5, 0.6) is 0 Å². The lowest BCUT2D eigenvalue weighted by Crippen LogP contribution is -2.06. The molecular formula is C18H13IN2. The summed E-state index contributed by atoms with van der Waals surface area (Å²) < 4.78 is 1.27. The Morgan fingerprint density at radius 3 is 2.29 bits per heavy atom. The van der Waals surface area contributed by atoms with Crippen LogP contribution in [0, 0.1) is 11.3 Å². The van der Waals surface area contributed by atoms with Crippen LogP contribution in [0.4, 0.5) is 0 Å². The number of nitrogens with zero attached hydrogens (tertiary/aromatic N) is 2. The third kappa shape index (κ3) is 3.06. The molecule has 0 saturated carbocycles. The fraction of sp³-hybridized carbons (Fsp3) is 0.111. The predicted octanol–water partition coefficient (Wildman–Crippen LogP) is 4.94. The molecule has 0 saturated heterocycles. The predicted molar refractivity (Wildman–Crippen MR) is 94.3 cm³/mol. The van der Waals surface area contributed by atoms with E-state index in [1.807, 2.05) is 42.5 Å². The van der Waals surface area contributed by atoms with Gasteiger partial charge in [-0.3, -0.25) is 4.99 Å². The second-order valence-corrected chi connectivity index (χ2v) is 6.17. The molecule has 1 aliphatic heterocycles. The number of benzene rings is 2. The minimum absolute atomic E-state index is 0.678. The molecule has 0 unspecified atom stereocenters. The fourth-order valence-corrected chi connectivity index (χ4v) is 3.06. The first kappa shape index (κ1) is 14.0. The van der Waals surface area contributed by atoms with Crippen LogP contribution in [-0.4, -0.2) is 5.71 Å². The molecule has 3 heteroatoms. The highest BCUT2D eigenvalue weighted by Gasteiger charge is 2.15. The van der Waals surface area contributed by atoms with Crippen LogP contribution in [-0.2, 0) is 0 Å². The maximum atomic E-state index is 8.89. The molecule has 0 amide bonds. The van der Waals surface area contributed by atoms with Crippen LogP contribution in [0.2, 0.25) is 0 Å². The maximum absolute atomic E-state index is 8.89. The first-order valence-corrected chi connectivity index (χ1v) is 7.88. The molecule has 1 aliphatic rings. The number of allylic oxidation sites excluding steroid dienone is 1. The van der Waals surface area contributed by atoms with Gasteiger partial charge in [-0.25, -0.2) is 0 Å². The van der Waals surface area contributed by atoms with Gasteiger partial charge in [-0.15, -0.1) is 0 Å². The van der Waals surface area contributed by atoms with Gasteiger partial charge in [0.2, 0.25) is 0 Å². The molecule has 2 aromatic carbocycles. The largest absolute Gasteiger partial charge is 0.251 e. The van der Waals surface area contributed by atoms with Crippen molar-refractivity contribution in [1.29, 1.82) is 5.26 Å². The van der Waals surface area contributed by atoms with E-state index in [2.05, 4.69) is 40.8 Å². The highest BCUT2D eigenvalue weighted by Crippen LogP contribution is 2.33. The number of nitriles is 1. The zero-order valence-corrected chi connectivity index (χ0v) is 13.5. The zero-order valence-electron chi connectivity index (χ0n) is 11.4. The summed E-state index contributed by atoms with van der Waals surface area (Å²) in [5.41, 5.74) is 5.11. The Morgan fingerprint density at radius 2 is 1.62 bits per heavy atom. The summed E-state index contributed by atoms with van der Waals surface area (Å²) in [6.07, 6.45) is 1.99. The van der Waals surface area contributed by atoms with Gasteiger partial charge in [0.05, 0.1) is 17.3 Å². The summed E-state index contributed by atoms with van der Waals surface area (Å²) in [7, 11) is 0. The van der Waals surface area contributed by atoms with Crippen molar-refractivity contribution in [3.63, 3.8) is 0 Å². The molecule has 0 atom stereocenters. The fourth-order valence-electron chi connectivity index (χ4n) is 2.36. The first-order chi connectivity index (χ1) is 10.3. The molecule has 3 rings (SSSR count).